The molecule has 2 atom stereocenters. The molecule has 25 heavy (non-hydrogen) atoms. The minimum absolute atomic E-state index is 0.0477. The van der Waals surface area contributed by atoms with Crippen LogP contribution in [-0.2, 0) is 16.6 Å². The largest absolute Gasteiger partial charge is 0.391 e. The van der Waals surface area contributed by atoms with Crippen molar-refractivity contribution in [3.05, 3.63) is 53.3 Å². The minimum Gasteiger partial charge on any atom is -0.391 e. The lowest BCUT2D eigenvalue weighted by atomic mass is 9.81. The molecule has 1 saturated heterocycles. The lowest BCUT2D eigenvalue weighted by Crippen LogP contribution is -2.34. The Morgan fingerprint density at radius 2 is 2.04 bits per heavy atom. The molecule has 0 unspecified atom stereocenters. The molecule has 0 aliphatic carbocycles. The monoisotopic (exact) mass is 341 g/mol. The first-order chi connectivity index (χ1) is 11.8. The molecule has 2 aromatic rings. The smallest absolute Gasteiger partial charge is 0.223 e. The van der Waals surface area contributed by atoms with Crippen molar-refractivity contribution >= 4 is 5.91 Å². The van der Waals surface area contributed by atoms with Gasteiger partial charge in [0.1, 0.15) is 0 Å². The van der Waals surface area contributed by atoms with E-state index in [9.17, 15) is 9.90 Å². The summed E-state index contributed by atoms with van der Waals surface area (Å²) in [7, 11) is 0. The van der Waals surface area contributed by atoms with Gasteiger partial charge in [0.2, 0.25) is 5.91 Å². The van der Waals surface area contributed by atoms with E-state index in [-0.39, 0.29) is 17.2 Å². The predicted molar refractivity (Wildman–Crippen MR) is 97.2 cm³/mol. The van der Waals surface area contributed by atoms with E-state index in [2.05, 4.69) is 36.2 Å². The number of nitrogens with zero attached hydrogens (tertiary/aromatic N) is 2. The maximum atomic E-state index is 12.8. The maximum Gasteiger partial charge on any atom is 0.223 e. The highest BCUT2D eigenvalue weighted by atomic mass is 16.3. The second-order valence-electron chi connectivity index (χ2n) is 7.80. The summed E-state index contributed by atoms with van der Waals surface area (Å²) in [5, 5.41) is 17.5. The summed E-state index contributed by atoms with van der Waals surface area (Å²) in [6.45, 7) is 7.16. The molecule has 1 aromatic heterocycles. The first kappa shape index (κ1) is 17.7. The van der Waals surface area contributed by atoms with Crippen molar-refractivity contribution in [3.8, 4) is 0 Å². The number of nitrogens with one attached hydrogen (secondary N) is 1. The molecule has 0 radical (unpaired) electrons. The zero-order chi connectivity index (χ0) is 18.0. The van der Waals surface area contributed by atoms with Gasteiger partial charge in [0.05, 0.1) is 11.8 Å². The number of amides is 1. The first-order valence-corrected chi connectivity index (χ1v) is 8.87. The second kappa shape index (κ2) is 7.00. The molecular weight excluding hydrogens is 314 g/mol. The van der Waals surface area contributed by atoms with Crippen LogP contribution in [0, 0.1) is 12.8 Å². The zero-order valence-electron chi connectivity index (χ0n) is 15.2. The normalized spacial score (nSPS) is 20.9. The van der Waals surface area contributed by atoms with E-state index in [1.807, 2.05) is 31.2 Å². The Hall–Kier alpha value is -2.14. The molecular formula is C20H27N3O2. The van der Waals surface area contributed by atoms with Crippen molar-refractivity contribution in [2.75, 3.05) is 13.1 Å². The van der Waals surface area contributed by atoms with Crippen LogP contribution in [-0.4, -0.2) is 45.3 Å². The number of carbonyl (C=O) groups excluding carboxylic acids is 1. The Kier molecular flexibility index (Phi) is 4.95. The Morgan fingerprint density at radius 3 is 2.68 bits per heavy atom. The fraction of sp³-hybridized carbons (Fsp3) is 0.500. The third kappa shape index (κ3) is 4.10. The minimum atomic E-state index is -0.485. The number of aliphatic hydroxyl groups is 1. The number of aryl methyl sites for hydroxylation is 1. The molecule has 1 aliphatic heterocycles. The van der Waals surface area contributed by atoms with Crippen LogP contribution in [0.1, 0.15) is 37.2 Å². The van der Waals surface area contributed by atoms with Crippen LogP contribution < -0.4 is 0 Å². The number of aromatic amines is 1. The van der Waals surface area contributed by atoms with E-state index in [1.165, 1.54) is 0 Å². The number of hydrogen-bond acceptors (Lipinski definition) is 3. The van der Waals surface area contributed by atoms with Gasteiger partial charge in [0.15, 0.2) is 0 Å². The van der Waals surface area contributed by atoms with E-state index in [0.717, 1.165) is 17.0 Å². The Morgan fingerprint density at radius 1 is 1.32 bits per heavy atom. The van der Waals surface area contributed by atoms with E-state index in [0.29, 0.717) is 25.9 Å². The molecule has 5 heteroatoms. The van der Waals surface area contributed by atoms with Crippen LogP contribution in [0.3, 0.4) is 0 Å². The van der Waals surface area contributed by atoms with Crippen molar-refractivity contribution in [1.82, 2.24) is 15.1 Å². The van der Waals surface area contributed by atoms with Crippen molar-refractivity contribution in [2.24, 2.45) is 5.92 Å². The number of hydrogen-bond donors (Lipinski definition) is 2. The van der Waals surface area contributed by atoms with E-state index < -0.39 is 6.10 Å². The Bertz CT molecular complexity index is 724. The average Bonchev–Trinajstić information content (AvgIpc) is 3.14. The highest BCUT2D eigenvalue weighted by Crippen LogP contribution is 2.29. The highest BCUT2D eigenvalue weighted by molar-refractivity contribution is 5.78. The first-order valence-electron chi connectivity index (χ1n) is 8.87. The summed E-state index contributed by atoms with van der Waals surface area (Å²) in [4.78, 5) is 14.6. The summed E-state index contributed by atoms with van der Waals surface area (Å²) >= 11 is 0. The van der Waals surface area contributed by atoms with Gasteiger partial charge >= 0.3 is 0 Å². The Labute approximate surface area is 149 Å². The Balaban J connectivity index is 1.61. The molecule has 1 fully saturated rings. The molecule has 5 nitrogen and oxygen atoms in total. The highest BCUT2D eigenvalue weighted by Gasteiger charge is 2.36. The molecule has 1 aromatic carbocycles. The van der Waals surface area contributed by atoms with E-state index in [1.54, 1.807) is 4.90 Å². The predicted octanol–water partition coefficient (Wildman–Crippen LogP) is 2.45. The third-order valence-corrected chi connectivity index (χ3v) is 5.14. The van der Waals surface area contributed by atoms with Gasteiger partial charge in [-0.25, -0.2) is 0 Å². The van der Waals surface area contributed by atoms with Crippen molar-refractivity contribution in [1.29, 1.82) is 0 Å². The summed E-state index contributed by atoms with van der Waals surface area (Å²) < 4.78 is 0. The maximum absolute atomic E-state index is 12.8. The van der Waals surface area contributed by atoms with Gasteiger partial charge in [-0.05, 0) is 30.4 Å². The van der Waals surface area contributed by atoms with Crippen molar-refractivity contribution in [3.63, 3.8) is 0 Å². The summed E-state index contributed by atoms with van der Waals surface area (Å²) in [6, 6.07) is 12.1. The summed E-state index contributed by atoms with van der Waals surface area (Å²) in [5.74, 6) is 0.153. The SMILES string of the molecule is Cc1cc(C[C@@H]2CN(C(=O)CC(C)(C)c3ccccc3)C[C@H]2O)n[nH]1. The number of β-amino-alcohol motifs (C(OH)–C–C–N with tert-alkyl or cyclic N) is 1. The van der Waals surface area contributed by atoms with Crippen molar-refractivity contribution in [2.45, 2.75) is 45.1 Å². The van der Waals surface area contributed by atoms with Gasteiger partial charge in [-0.1, -0.05) is 44.2 Å². The zero-order valence-corrected chi connectivity index (χ0v) is 15.2. The van der Waals surface area contributed by atoms with Gasteiger partial charge in [0, 0.05) is 31.1 Å². The summed E-state index contributed by atoms with van der Waals surface area (Å²) in [5.41, 5.74) is 2.90. The van der Waals surface area contributed by atoms with Crippen LogP contribution in [0.2, 0.25) is 0 Å². The van der Waals surface area contributed by atoms with Gasteiger partial charge in [0.25, 0.3) is 0 Å². The van der Waals surface area contributed by atoms with Gasteiger partial charge in [-0.2, -0.15) is 5.10 Å². The molecule has 1 amide bonds. The molecule has 0 saturated carbocycles. The van der Waals surface area contributed by atoms with E-state index in [4.69, 9.17) is 0 Å². The van der Waals surface area contributed by atoms with Crippen LogP contribution in [0.25, 0.3) is 0 Å². The molecule has 134 valence electrons. The lowest BCUT2D eigenvalue weighted by molar-refractivity contribution is -0.131. The van der Waals surface area contributed by atoms with Crippen molar-refractivity contribution < 1.29 is 9.90 Å². The number of aromatic nitrogens is 2. The standard InChI is InChI=1S/C20H27N3O2/c1-14-9-17(22-21-14)10-15-12-23(13-18(15)24)19(25)11-20(2,3)16-7-5-4-6-8-16/h4-9,15,18,24H,10-13H2,1-3H3,(H,21,22)/t15-,18-/m1/s1. The molecule has 0 bridgehead atoms. The van der Waals surface area contributed by atoms with E-state index >= 15 is 0 Å². The topological polar surface area (TPSA) is 69.2 Å². The lowest BCUT2D eigenvalue weighted by Gasteiger charge is -2.27. The van der Waals surface area contributed by atoms with Crippen LogP contribution in [0.5, 0.6) is 0 Å². The quantitative estimate of drug-likeness (QED) is 0.878. The van der Waals surface area contributed by atoms with Gasteiger partial charge in [-0.15, -0.1) is 0 Å². The fourth-order valence-corrected chi connectivity index (χ4v) is 3.59. The molecule has 1 aliphatic rings. The second-order valence-corrected chi connectivity index (χ2v) is 7.80. The van der Waals surface area contributed by atoms with Gasteiger partial charge in [-0.3, -0.25) is 9.89 Å². The van der Waals surface area contributed by atoms with Crippen LogP contribution in [0.4, 0.5) is 0 Å². The third-order valence-electron chi connectivity index (χ3n) is 5.14. The molecule has 2 heterocycles. The van der Waals surface area contributed by atoms with Crippen LogP contribution in [0.15, 0.2) is 36.4 Å². The van der Waals surface area contributed by atoms with Crippen LogP contribution >= 0.6 is 0 Å². The van der Waals surface area contributed by atoms with Gasteiger partial charge < -0.3 is 10.0 Å². The average molecular weight is 341 g/mol. The number of rotatable bonds is 5. The number of likely N-dealkylation sites (tertiary alicyclic amines) is 1. The number of carbonyl (C=O) groups is 1. The fourth-order valence-electron chi connectivity index (χ4n) is 3.59. The number of H-pyrrole nitrogens is 1. The molecule has 0 spiro atoms. The molecule has 3 rings (SSSR count). The number of benzene rings is 1. The summed E-state index contributed by atoms with van der Waals surface area (Å²) in [6.07, 6.45) is 0.649. The number of aliphatic hydroxyl groups excluding tert-OH is 1. The molecule has 2 N–H and O–H groups in total.